The zero-order chi connectivity index (χ0) is 19.9. The van der Waals surface area contributed by atoms with Gasteiger partial charge in [0.25, 0.3) is 0 Å². The van der Waals surface area contributed by atoms with Crippen molar-refractivity contribution in [1.82, 2.24) is 0 Å². The van der Waals surface area contributed by atoms with E-state index in [0.717, 1.165) is 12.1 Å². The molecular formula is C18H10Br2F2O5. The van der Waals surface area contributed by atoms with Crippen LogP contribution in [0.15, 0.2) is 37.6 Å². The summed E-state index contributed by atoms with van der Waals surface area (Å²) in [5.74, 6) is -5.22. The van der Waals surface area contributed by atoms with E-state index in [-0.39, 0.29) is 32.1 Å². The molecule has 0 saturated heterocycles. The molecule has 0 aliphatic carbocycles. The Morgan fingerprint density at radius 1 is 1.07 bits per heavy atom. The Morgan fingerprint density at radius 2 is 1.70 bits per heavy atom. The molecule has 9 heteroatoms. The van der Waals surface area contributed by atoms with Crippen molar-refractivity contribution in [3.05, 3.63) is 61.7 Å². The second-order valence-electron chi connectivity index (χ2n) is 5.34. The molecule has 3 aromatic rings. The maximum Gasteiger partial charge on any atom is 0.375 e. The molecule has 5 nitrogen and oxygen atoms in total. The lowest BCUT2D eigenvalue weighted by molar-refractivity contribution is 0.0489. The summed E-state index contributed by atoms with van der Waals surface area (Å²) in [5.41, 5.74) is -1.13. The van der Waals surface area contributed by atoms with E-state index in [1.54, 1.807) is 6.92 Å². The average molecular weight is 504 g/mol. The number of aromatic hydroxyl groups is 1. The lowest BCUT2D eigenvalue weighted by Gasteiger charge is -2.08. The minimum atomic E-state index is -1.03. The van der Waals surface area contributed by atoms with Crippen LogP contribution < -0.4 is 0 Å². The van der Waals surface area contributed by atoms with Crippen LogP contribution in [0.25, 0.3) is 11.0 Å². The predicted octanol–water partition coefficient (Wildman–Crippen LogP) is 5.35. The van der Waals surface area contributed by atoms with Crippen LogP contribution in [-0.4, -0.2) is 23.5 Å². The number of carbonyl (C=O) groups excluding carboxylic acids is 2. The van der Waals surface area contributed by atoms with Crippen LogP contribution in [0.2, 0.25) is 0 Å². The molecule has 27 heavy (non-hydrogen) atoms. The lowest BCUT2D eigenvalue weighted by Crippen LogP contribution is -2.12. The summed E-state index contributed by atoms with van der Waals surface area (Å²) < 4.78 is 38.5. The zero-order valence-corrected chi connectivity index (χ0v) is 16.8. The van der Waals surface area contributed by atoms with Crippen molar-refractivity contribution in [2.24, 2.45) is 0 Å². The molecule has 0 radical (unpaired) electrons. The van der Waals surface area contributed by atoms with Crippen molar-refractivity contribution in [1.29, 1.82) is 0 Å². The van der Waals surface area contributed by atoms with Gasteiger partial charge in [0, 0.05) is 14.3 Å². The summed E-state index contributed by atoms with van der Waals surface area (Å²) in [7, 11) is 0. The minimum Gasteiger partial charge on any atom is -0.504 e. The molecule has 1 heterocycles. The number of ketones is 1. The number of fused-ring (bicyclic) bond motifs is 1. The largest absolute Gasteiger partial charge is 0.504 e. The number of carbonyl (C=O) groups is 2. The molecular weight excluding hydrogens is 494 g/mol. The van der Waals surface area contributed by atoms with E-state index in [1.165, 1.54) is 12.1 Å². The van der Waals surface area contributed by atoms with Crippen LogP contribution >= 0.6 is 31.9 Å². The summed E-state index contributed by atoms with van der Waals surface area (Å²) in [6.45, 7) is 1.54. The lowest BCUT2D eigenvalue weighted by atomic mass is 9.99. The number of furan rings is 1. The molecule has 140 valence electrons. The van der Waals surface area contributed by atoms with Crippen molar-refractivity contribution in [3.63, 3.8) is 0 Å². The number of hydrogen-bond donors (Lipinski definition) is 1. The molecule has 0 atom stereocenters. The van der Waals surface area contributed by atoms with Gasteiger partial charge in [-0.3, -0.25) is 4.79 Å². The fourth-order valence-electron chi connectivity index (χ4n) is 2.57. The summed E-state index contributed by atoms with van der Waals surface area (Å²) in [6.07, 6.45) is 0. The van der Waals surface area contributed by atoms with Gasteiger partial charge in [-0.2, -0.15) is 0 Å². The summed E-state index contributed by atoms with van der Waals surface area (Å²) in [6, 6.07) is 4.61. The highest BCUT2D eigenvalue weighted by molar-refractivity contribution is 9.11. The van der Waals surface area contributed by atoms with Crippen LogP contribution in [0.1, 0.15) is 33.4 Å². The van der Waals surface area contributed by atoms with Crippen molar-refractivity contribution in [2.45, 2.75) is 6.92 Å². The average Bonchev–Trinajstić information content (AvgIpc) is 3.04. The Bertz CT molecular complexity index is 1090. The van der Waals surface area contributed by atoms with Crippen LogP contribution in [0, 0.1) is 11.6 Å². The highest BCUT2D eigenvalue weighted by atomic mass is 79.9. The van der Waals surface area contributed by atoms with Gasteiger partial charge >= 0.3 is 5.97 Å². The summed E-state index contributed by atoms with van der Waals surface area (Å²) >= 11 is 6.27. The quantitative estimate of drug-likeness (QED) is 0.383. The fraction of sp³-hybridized carbons (Fsp3) is 0.111. The standard InChI is InChI=1S/C18H10Br2F2O5/c1-2-26-18(25)17-13(11-7(19)4-6-10(22)16(11)27-17)15(24)12-8(20)3-5-9(21)14(12)23/h3-6,23H,2H2,1H3. The second-order valence-corrected chi connectivity index (χ2v) is 7.05. The van der Waals surface area contributed by atoms with E-state index in [1.807, 2.05) is 0 Å². The number of phenols is 1. The molecule has 1 aromatic heterocycles. The minimum absolute atomic E-state index is 0.0118. The van der Waals surface area contributed by atoms with E-state index >= 15 is 0 Å². The van der Waals surface area contributed by atoms with Crippen molar-refractivity contribution < 1.29 is 32.6 Å². The first-order valence-corrected chi connectivity index (χ1v) is 9.15. The first kappa shape index (κ1) is 19.5. The molecule has 2 aromatic carbocycles. The molecule has 0 aliphatic rings. The molecule has 1 N–H and O–H groups in total. The molecule has 0 saturated carbocycles. The zero-order valence-electron chi connectivity index (χ0n) is 13.6. The van der Waals surface area contributed by atoms with Crippen LogP contribution in [0.4, 0.5) is 8.78 Å². The van der Waals surface area contributed by atoms with Crippen molar-refractivity contribution in [3.8, 4) is 5.75 Å². The SMILES string of the molecule is CCOC(=O)c1oc2c(F)ccc(Br)c2c1C(=O)c1c(Br)ccc(F)c1O. The third-order valence-electron chi connectivity index (χ3n) is 3.73. The maximum absolute atomic E-state index is 14.2. The number of ether oxygens (including phenoxy) is 1. The van der Waals surface area contributed by atoms with Crippen LogP contribution in [0.5, 0.6) is 5.75 Å². The number of hydrogen-bond acceptors (Lipinski definition) is 5. The fourth-order valence-corrected chi connectivity index (χ4v) is 3.58. The molecule has 0 aliphatic heterocycles. The smallest absolute Gasteiger partial charge is 0.375 e. The van der Waals surface area contributed by atoms with Gasteiger partial charge in [-0.25, -0.2) is 13.6 Å². The van der Waals surface area contributed by atoms with Gasteiger partial charge in [-0.15, -0.1) is 0 Å². The molecule has 3 rings (SSSR count). The van der Waals surface area contributed by atoms with Crippen LogP contribution in [-0.2, 0) is 4.74 Å². The number of halogens is 4. The van der Waals surface area contributed by atoms with Crippen molar-refractivity contribution >= 4 is 54.6 Å². The van der Waals surface area contributed by atoms with Gasteiger partial charge in [0.2, 0.25) is 11.5 Å². The van der Waals surface area contributed by atoms with Gasteiger partial charge in [-0.1, -0.05) is 15.9 Å². The molecule has 0 amide bonds. The molecule has 0 spiro atoms. The molecule has 0 fully saturated rings. The van der Waals surface area contributed by atoms with Gasteiger partial charge in [0.15, 0.2) is 23.0 Å². The number of phenolic OH excluding ortho intramolecular Hbond substituents is 1. The summed E-state index contributed by atoms with van der Waals surface area (Å²) in [5, 5.41) is 9.99. The highest BCUT2D eigenvalue weighted by Crippen LogP contribution is 2.39. The Labute approximate surface area is 168 Å². The van der Waals surface area contributed by atoms with Gasteiger partial charge in [-0.05, 0) is 47.1 Å². The number of benzene rings is 2. The van der Waals surface area contributed by atoms with E-state index in [4.69, 9.17) is 9.15 Å². The Balaban J connectivity index is 2.38. The van der Waals surface area contributed by atoms with E-state index in [0.29, 0.717) is 0 Å². The summed E-state index contributed by atoms with van der Waals surface area (Å²) in [4.78, 5) is 25.4. The van der Waals surface area contributed by atoms with E-state index < -0.39 is 40.5 Å². The maximum atomic E-state index is 14.2. The molecule has 0 bridgehead atoms. The number of esters is 1. The third kappa shape index (κ3) is 3.25. The third-order valence-corrected chi connectivity index (χ3v) is 5.05. The molecule has 0 unspecified atom stereocenters. The van der Waals surface area contributed by atoms with E-state index in [2.05, 4.69) is 31.9 Å². The highest BCUT2D eigenvalue weighted by Gasteiger charge is 2.32. The van der Waals surface area contributed by atoms with Gasteiger partial charge in [0.1, 0.15) is 0 Å². The Hall–Kier alpha value is -2.26. The Morgan fingerprint density at radius 3 is 2.37 bits per heavy atom. The van der Waals surface area contributed by atoms with Gasteiger partial charge < -0.3 is 14.3 Å². The second kappa shape index (κ2) is 7.40. The first-order chi connectivity index (χ1) is 12.8. The Kier molecular flexibility index (Phi) is 5.34. The van der Waals surface area contributed by atoms with Crippen LogP contribution in [0.3, 0.4) is 0 Å². The monoisotopic (exact) mass is 502 g/mol. The number of rotatable bonds is 4. The topological polar surface area (TPSA) is 76.7 Å². The first-order valence-electron chi connectivity index (χ1n) is 7.57. The van der Waals surface area contributed by atoms with E-state index in [9.17, 15) is 23.5 Å². The van der Waals surface area contributed by atoms with Gasteiger partial charge in [0.05, 0.1) is 17.7 Å². The predicted molar refractivity (Wildman–Crippen MR) is 99.0 cm³/mol. The normalized spacial score (nSPS) is 11.0. The van der Waals surface area contributed by atoms with Crippen molar-refractivity contribution in [2.75, 3.05) is 6.61 Å².